The maximum absolute atomic E-state index is 12.8. The van der Waals surface area contributed by atoms with Crippen molar-refractivity contribution in [3.05, 3.63) is 0 Å². The van der Waals surface area contributed by atoms with Crippen LogP contribution in [0.25, 0.3) is 0 Å². The molecule has 3 aliphatic heterocycles. The van der Waals surface area contributed by atoms with Crippen LogP contribution in [-0.4, -0.2) is 85.5 Å². The van der Waals surface area contributed by atoms with Crippen molar-refractivity contribution in [2.24, 2.45) is 11.3 Å². The first-order chi connectivity index (χ1) is 13.1. The molecule has 2 amide bonds. The minimum atomic E-state index is 0.154. The highest BCUT2D eigenvalue weighted by molar-refractivity contribution is 5.86. The Bertz CT molecular complexity index is 533. The molecule has 0 bridgehead atoms. The number of ether oxygens (including phenoxy) is 1. The number of morpholine rings is 1. The molecule has 27 heavy (non-hydrogen) atoms. The van der Waals surface area contributed by atoms with Gasteiger partial charge in [-0.1, -0.05) is 19.3 Å². The SMILES string of the molecule is O=C(CN1CC2(CCCCC2)CC1=O)N1CCC(CN2CCOCC2)CC1. The molecular formula is C21H35N3O3. The predicted octanol–water partition coefficient (Wildman–Crippen LogP) is 1.74. The van der Waals surface area contributed by atoms with E-state index < -0.39 is 0 Å². The second-order valence-corrected chi connectivity index (χ2v) is 9.22. The van der Waals surface area contributed by atoms with Crippen molar-refractivity contribution < 1.29 is 14.3 Å². The Hall–Kier alpha value is -1.14. The largest absolute Gasteiger partial charge is 0.379 e. The molecule has 6 heteroatoms. The molecule has 4 fully saturated rings. The van der Waals surface area contributed by atoms with Gasteiger partial charge in [0.05, 0.1) is 19.8 Å². The third-order valence-corrected chi connectivity index (χ3v) is 7.23. The van der Waals surface area contributed by atoms with Gasteiger partial charge in [0, 0.05) is 45.7 Å². The van der Waals surface area contributed by atoms with E-state index >= 15 is 0 Å². The zero-order chi connectivity index (χ0) is 18.7. The van der Waals surface area contributed by atoms with Crippen LogP contribution >= 0.6 is 0 Å². The molecule has 1 saturated carbocycles. The van der Waals surface area contributed by atoms with E-state index in [1.807, 2.05) is 9.80 Å². The Labute approximate surface area is 163 Å². The summed E-state index contributed by atoms with van der Waals surface area (Å²) in [6.45, 7) is 7.72. The van der Waals surface area contributed by atoms with Gasteiger partial charge < -0.3 is 14.5 Å². The lowest BCUT2D eigenvalue weighted by molar-refractivity contribution is -0.139. The lowest BCUT2D eigenvalue weighted by Gasteiger charge is -2.37. The topological polar surface area (TPSA) is 53.1 Å². The van der Waals surface area contributed by atoms with Gasteiger partial charge in [-0.15, -0.1) is 0 Å². The van der Waals surface area contributed by atoms with Gasteiger partial charge in [-0.05, 0) is 37.0 Å². The lowest BCUT2D eigenvalue weighted by Crippen LogP contribution is -2.47. The van der Waals surface area contributed by atoms with Crippen molar-refractivity contribution >= 4 is 11.8 Å². The third-order valence-electron chi connectivity index (χ3n) is 7.23. The van der Waals surface area contributed by atoms with E-state index in [9.17, 15) is 9.59 Å². The summed E-state index contributed by atoms with van der Waals surface area (Å²) in [5.41, 5.74) is 0.181. The predicted molar refractivity (Wildman–Crippen MR) is 103 cm³/mol. The molecule has 3 heterocycles. The van der Waals surface area contributed by atoms with Crippen LogP contribution < -0.4 is 0 Å². The maximum Gasteiger partial charge on any atom is 0.242 e. The van der Waals surface area contributed by atoms with E-state index in [-0.39, 0.29) is 17.2 Å². The zero-order valence-electron chi connectivity index (χ0n) is 16.7. The Morgan fingerprint density at radius 2 is 1.74 bits per heavy atom. The summed E-state index contributed by atoms with van der Waals surface area (Å²) >= 11 is 0. The van der Waals surface area contributed by atoms with E-state index in [2.05, 4.69) is 4.90 Å². The average molecular weight is 378 g/mol. The van der Waals surface area contributed by atoms with Gasteiger partial charge in [0.25, 0.3) is 0 Å². The average Bonchev–Trinajstić information content (AvgIpc) is 2.98. The minimum absolute atomic E-state index is 0.154. The number of hydrogen-bond acceptors (Lipinski definition) is 4. The molecule has 152 valence electrons. The number of nitrogens with zero attached hydrogens (tertiary/aromatic N) is 3. The number of hydrogen-bond donors (Lipinski definition) is 0. The summed E-state index contributed by atoms with van der Waals surface area (Å²) in [6, 6.07) is 0. The molecule has 6 nitrogen and oxygen atoms in total. The number of carbonyl (C=O) groups excluding carboxylic acids is 2. The van der Waals surface area contributed by atoms with Crippen LogP contribution in [0.15, 0.2) is 0 Å². The summed E-state index contributed by atoms with van der Waals surface area (Å²) in [5.74, 6) is 1.04. The van der Waals surface area contributed by atoms with Gasteiger partial charge in [-0.3, -0.25) is 14.5 Å². The third kappa shape index (κ3) is 4.65. The van der Waals surface area contributed by atoms with Crippen molar-refractivity contribution in [3.8, 4) is 0 Å². The normalized spacial score (nSPS) is 27.5. The van der Waals surface area contributed by atoms with Crippen LogP contribution in [0, 0.1) is 11.3 Å². The molecule has 0 atom stereocenters. The first-order valence-corrected chi connectivity index (χ1v) is 11.0. The number of carbonyl (C=O) groups is 2. The fraction of sp³-hybridized carbons (Fsp3) is 0.905. The van der Waals surface area contributed by atoms with E-state index in [4.69, 9.17) is 4.74 Å². The molecule has 1 aliphatic carbocycles. The molecular weight excluding hydrogens is 342 g/mol. The van der Waals surface area contributed by atoms with Crippen molar-refractivity contribution in [1.82, 2.24) is 14.7 Å². The molecule has 0 N–H and O–H groups in total. The van der Waals surface area contributed by atoms with E-state index in [0.717, 1.165) is 78.2 Å². The first-order valence-electron chi connectivity index (χ1n) is 11.0. The van der Waals surface area contributed by atoms with Crippen LogP contribution in [0.4, 0.5) is 0 Å². The summed E-state index contributed by atoms with van der Waals surface area (Å²) in [6.07, 6.45) is 8.95. The van der Waals surface area contributed by atoms with Gasteiger partial charge in [-0.2, -0.15) is 0 Å². The maximum atomic E-state index is 12.8. The number of piperidine rings is 1. The molecule has 1 spiro atoms. The fourth-order valence-corrected chi connectivity index (χ4v) is 5.54. The van der Waals surface area contributed by atoms with Crippen molar-refractivity contribution in [2.75, 3.05) is 59.0 Å². The van der Waals surface area contributed by atoms with Gasteiger partial charge in [-0.25, -0.2) is 0 Å². The molecule has 3 saturated heterocycles. The summed E-state index contributed by atoms with van der Waals surface area (Å²) < 4.78 is 5.42. The molecule has 0 aromatic heterocycles. The van der Waals surface area contributed by atoms with Crippen LogP contribution in [-0.2, 0) is 14.3 Å². The van der Waals surface area contributed by atoms with Gasteiger partial charge in [0.1, 0.15) is 0 Å². The van der Waals surface area contributed by atoms with Crippen molar-refractivity contribution in [2.45, 2.75) is 51.4 Å². The van der Waals surface area contributed by atoms with Crippen LogP contribution in [0.2, 0.25) is 0 Å². The molecule has 0 radical (unpaired) electrons. The number of likely N-dealkylation sites (tertiary alicyclic amines) is 2. The Morgan fingerprint density at radius 3 is 2.44 bits per heavy atom. The van der Waals surface area contributed by atoms with Crippen molar-refractivity contribution in [3.63, 3.8) is 0 Å². The quantitative estimate of drug-likeness (QED) is 0.749. The van der Waals surface area contributed by atoms with Crippen molar-refractivity contribution in [1.29, 1.82) is 0 Å². The molecule has 0 unspecified atom stereocenters. The standard InChI is InChI=1S/C21H35N3O3/c25-19-14-21(6-2-1-3-7-21)17-24(19)16-20(26)23-8-4-18(5-9-23)15-22-10-12-27-13-11-22/h18H,1-17H2. The molecule has 4 rings (SSSR count). The minimum Gasteiger partial charge on any atom is -0.379 e. The van der Waals surface area contributed by atoms with Gasteiger partial charge in [0.2, 0.25) is 11.8 Å². The van der Waals surface area contributed by atoms with Crippen LogP contribution in [0.1, 0.15) is 51.4 Å². The Balaban J connectivity index is 1.22. The van der Waals surface area contributed by atoms with E-state index in [1.54, 1.807) is 0 Å². The summed E-state index contributed by atoms with van der Waals surface area (Å²) in [7, 11) is 0. The van der Waals surface area contributed by atoms with E-state index in [0.29, 0.717) is 18.9 Å². The Morgan fingerprint density at radius 1 is 1.04 bits per heavy atom. The second kappa shape index (κ2) is 8.48. The molecule has 0 aromatic rings. The lowest BCUT2D eigenvalue weighted by atomic mass is 9.73. The smallest absolute Gasteiger partial charge is 0.242 e. The fourth-order valence-electron chi connectivity index (χ4n) is 5.54. The monoisotopic (exact) mass is 377 g/mol. The first kappa shape index (κ1) is 19.2. The van der Waals surface area contributed by atoms with Gasteiger partial charge in [0.15, 0.2) is 0 Å². The van der Waals surface area contributed by atoms with E-state index in [1.165, 1.54) is 19.3 Å². The highest BCUT2D eigenvalue weighted by Crippen LogP contribution is 2.44. The summed E-state index contributed by atoms with van der Waals surface area (Å²) in [5, 5.41) is 0. The zero-order valence-corrected chi connectivity index (χ0v) is 16.7. The number of amides is 2. The van der Waals surface area contributed by atoms with Crippen LogP contribution in [0.3, 0.4) is 0 Å². The second-order valence-electron chi connectivity index (χ2n) is 9.22. The highest BCUT2D eigenvalue weighted by atomic mass is 16.5. The molecule has 4 aliphatic rings. The number of rotatable bonds is 4. The molecule has 0 aromatic carbocycles. The highest BCUT2D eigenvalue weighted by Gasteiger charge is 2.44. The van der Waals surface area contributed by atoms with Crippen LogP contribution in [0.5, 0.6) is 0 Å². The van der Waals surface area contributed by atoms with Gasteiger partial charge >= 0.3 is 0 Å². The summed E-state index contributed by atoms with van der Waals surface area (Å²) in [4.78, 5) is 31.6. The Kier molecular flexibility index (Phi) is 6.02.